The second-order valence-corrected chi connectivity index (χ2v) is 6.20. The highest BCUT2D eigenvalue weighted by atomic mass is 19.1. The number of aromatic amines is 1. The molecule has 0 atom stereocenters. The van der Waals surface area contributed by atoms with Crippen molar-refractivity contribution in [1.82, 2.24) is 14.9 Å². The van der Waals surface area contributed by atoms with Gasteiger partial charge in [0.2, 0.25) is 0 Å². The lowest BCUT2D eigenvalue weighted by atomic mass is 10.1. The summed E-state index contributed by atoms with van der Waals surface area (Å²) in [7, 11) is 1.40. The van der Waals surface area contributed by atoms with Crippen molar-refractivity contribution < 1.29 is 13.9 Å². The number of ether oxygens (including phenoxy) is 1. The van der Waals surface area contributed by atoms with Crippen LogP contribution in [0.2, 0.25) is 0 Å². The van der Waals surface area contributed by atoms with Crippen LogP contribution in [-0.4, -0.2) is 34.4 Å². The number of halogens is 1. The first kappa shape index (κ1) is 16.3. The summed E-state index contributed by atoms with van der Waals surface area (Å²) in [5, 5.41) is 0. The number of fused-ring (bicyclic) bond motifs is 1. The Labute approximate surface area is 150 Å². The third kappa shape index (κ3) is 2.94. The van der Waals surface area contributed by atoms with Gasteiger partial charge in [-0.15, -0.1) is 0 Å². The number of hydrogen-bond donors (Lipinski definition) is 1. The molecule has 0 spiro atoms. The van der Waals surface area contributed by atoms with Crippen molar-refractivity contribution in [2.45, 2.75) is 13.0 Å². The summed E-state index contributed by atoms with van der Waals surface area (Å²) in [5.41, 5.74) is 3.23. The topological polar surface area (TPSA) is 58.2 Å². The second kappa shape index (κ2) is 6.63. The van der Waals surface area contributed by atoms with E-state index < -0.39 is 5.82 Å². The largest absolute Gasteiger partial charge is 0.494 e. The molecule has 0 bridgehead atoms. The zero-order chi connectivity index (χ0) is 18.1. The minimum Gasteiger partial charge on any atom is -0.494 e. The number of rotatable bonds is 3. The molecule has 0 fully saturated rings. The molecule has 1 aromatic heterocycles. The van der Waals surface area contributed by atoms with Crippen LogP contribution in [0.4, 0.5) is 4.39 Å². The fourth-order valence-electron chi connectivity index (χ4n) is 3.18. The van der Waals surface area contributed by atoms with Crippen LogP contribution in [0.5, 0.6) is 5.75 Å². The van der Waals surface area contributed by atoms with E-state index in [-0.39, 0.29) is 11.7 Å². The number of carbonyl (C=O) groups is 1. The van der Waals surface area contributed by atoms with Crippen LogP contribution in [0.15, 0.2) is 48.5 Å². The summed E-state index contributed by atoms with van der Waals surface area (Å²) in [6, 6.07) is 14.2. The van der Waals surface area contributed by atoms with E-state index in [1.807, 2.05) is 30.3 Å². The standard InChI is InChI=1S/C20H18FN3O2/c1-26-18-8-7-14(11-15(18)21)20(25)24-10-9-16-17(12-24)23-19(22-16)13-5-3-2-4-6-13/h2-8,11H,9-10,12H2,1H3,(H,22,23). The Hall–Kier alpha value is -3.15. The number of aromatic nitrogens is 2. The molecule has 1 aliphatic rings. The summed E-state index contributed by atoms with van der Waals surface area (Å²) in [5.74, 6) is 0.195. The Morgan fingerprint density at radius 2 is 2.04 bits per heavy atom. The van der Waals surface area contributed by atoms with E-state index in [1.165, 1.54) is 19.2 Å². The van der Waals surface area contributed by atoms with Crippen molar-refractivity contribution >= 4 is 5.91 Å². The van der Waals surface area contributed by atoms with Crippen LogP contribution in [0.3, 0.4) is 0 Å². The smallest absolute Gasteiger partial charge is 0.254 e. The molecule has 5 nitrogen and oxygen atoms in total. The minimum absolute atomic E-state index is 0.128. The van der Waals surface area contributed by atoms with Gasteiger partial charge in [0, 0.05) is 24.1 Å². The number of hydrogen-bond acceptors (Lipinski definition) is 3. The third-order valence-electron chi connectivity index (χ3n) is 4.57. The fraction of sp³-hybridized carbons (Fsp3) is 0.200. The first-order valence-electron chi connectivity index (χ1n) is 8.41. The molecule has 0 radical (unpaired) electrons. The molecular formula is C20H18FN3O2. The predicted octanol–water partition coefficient (Wildman–Crippen LogP) is 3.42. The highest BCUT2D eigenvalue weighted by molar-refractivity contribution is 5.94. The number of carbonyl (C=O) groups excluding carboxylic acids is 1. The molecule has 132 valence electrons. The molecule has 26 heavy (non-hydrogen) atoms. The lowest BCUT2D eigenvalue weighted by Crippen LogP contribution is -2.36. The van der Waals surface area contributed by atoms with Gasteiger partial charge in [0.05, 0.1) is 25.0 Å². The molecule has 3 aromatic rings. The van der Waals surface area contributed by atoms with E-state index in [4.69, 9.17) is 4.74 Å². The maximum absolute atomic E-state index is 13.9. The van der Waals surface area contributed by atoms with Crippen LogP contribution >= 0.6 is 0 Å². The first-order chi connectivity index (χ1) is 12.7. The molecule has 1 N–H and O–H groups in total. The van der Waals surface area contributed by atoms with Crippen molar-refractivity contribution in [3.63, 3.8) is 0 Å². The minimum atomic E-state index is -0.538. The molecule has 2 aromatic carbocycles. The Morgan fingerprint density at radius 3 is 2.77 bits per heavy atom. The van der Waals surface area contributed by atoms with Gasteiger partial charge in [-0.3, -0.25) is 4.79 Å². The number of benzene rings is 2. The van der Waals surface area contributed by atoms with Gasteiger partial charge in [0.15, 0.2) is 11.6 Å². The van der Waals surface area contributed by atoms with Crippen molar-refractivity contribution in [3.05, 3.63) is 71.3 Å². The third-order valence-corrected chi connectivity index (χ3v) is 4.57. The zero-order valence-electron chi connectivity index (χ0n) is 14.3. The number of methoxy groups -OCH3 is 1. The van der Waals surface area contributed by atoms with Gasteiger partial charge < -0.3 is 14.6 Å². The van der Waals surface area contributed by atoms with Gasteiger partial charge in [-0.25, -0.2) is 9.37 Å². The average Bonchev–Trinajstić information content (AvgIpc) is 3.11. The van der Waals surface area contributed by atoms with Crippen molar-refractivity contribution in [1.29, 1.82) is 0 Å². The van der Waals surface area contributed by atoms with E-state index in [9.17, 15) is 9.18 Å². The van der Waals surface area contributed by atoms with E-state index in [0.717, 1.165) is 22.8 Å². The van der Waals surface area contributed by atoms with Crippen LogP contribution < -0.4 is 4.74 Å². The Bertz CT molecular complexity index is 953. The molecule has 0 unspecified atom stereocenters. The van der Waals surface area contributed by atoms with Gasteiger partial charge >= 0.3 is 0 Å². The number of nitrogens with one attached hydrogen (secondary N) is 1. The summed E-state index contributed by atoms with van der Waals surface area (Å²) in [4.78, 5) is 22.4. The molecule has 0 saturated heterocycles. The maximum atomic E-state index is 13.9. The van der Waals surface area contributed by atoms with Crippen molar-refractivity contribution in [2.24, 2.45) is 0 Å². The number of nitrogens with zero attached hydrogens (tertiary/aromatic N) is 2. The normalized spacial score (nSPS) is 13.4. The highest BCUT2D eigenvalue weighted by Gasteiger charge is 2.25. The van der Waals surface area contributed by atoms with Crippen LogP contribution in [0.1, 0.15) is 21.7 Å². The van der Waals surface area contributed by atoms with E-state index >= 15 is 0 Å². The molecule has 0 saturated carbocycles. The molecule has 0 aliphatic carbocycles. The van der Waals surface area contributed by atoms with Gasteiger partial charge in [-0.1, -0.05) is 30.3 Å². The second-order valence-electron chi connectivity index (χ2n) is 6.20. The molecule has 4 rings (SSSR count). The summed E-state index contributed by atoms with van der Waals surface area (Å²) >= 11 is 0. The summed E-state index contributed by atoms with van der Waals surface area (Å²) < 4.78 is 18.8. The summed E-state index contributed by atoms with van der Waals surface area (Å²) in [6.07, 6.45) is 0.670. The van der Waals surface area contributed by atoms with Crippen molar-refractivity contribution in [2.75, 3.05) is 13.7 Å². The summed E-state index contributed by atoms with van der Waals surface area (Å²) in [6.45, 7) is 0.986. The van der Waals surface area contributed by atoms with Gasteiger partial charge in [-0.2, -0.15) is 0 Å². The lowest BCUT2D eigenvalue weighted by Gasteiger charge is -2.26. The zero-order valence-corrected chi connectivity index (χ0v) is 14.3. The van der Waals surface area contributed by atoms with E-state index in [1.54, 1.807) is 11.0 Å². The predicted molar refractivity (Wildman–Crippen MR) is 95.4 cm³/mol. The lowest BCUT2D eigenvalue weighted by molar-refractivity contribution is 0.0731. The van der Waals surface area contributed by atoms with Crippen molar-refractivity contribution in [3.8, 4) is 17.1 Å². The SMILES string of the molecule is COc1ccc(C(=O)N2CCc3nc(-c4ccccc4)[nH]c3C2)cc1F. The average molecular weight is 351 g/mol. The Kier molecular flexibility index (Phi) is 4.16. The van der Waals surface area contributed by atoms with E-state index in [2.05, 4.69) is 9.97 Å². The molecule has 1 aliphatic heterocycles. The highest BCUT2D eigenvalue weighted by Crippen LogP contribution is 2.24. The quantitative estimate of drug-likeness (QED) is 0.787. The maximum Gasteiger partial charge on any atom is 0.254 e. The van der Waals surface area contributed by atoms with Gasteiger partial charge in [0.1, 0.15) is 5.82 Å². The van der Waals surface area contributed by atoms with E-state index in [0.29, 0.717) is 25.1 Å². The van der Waals surface area contributed by atoms with Gasteiger partial charge in [0.25, 0.3) is 5.91 Å². The number of imidazole rings is 1. The van der Waals surface area contributed by atoms with Crippen LogP contribution in [-0.2, 0) is 13.0 Å². The fourth-order valence-corrected chi connectivity index (χ4v) is 3.18. The monoisotopic (exact) mass is 351 g/mol. The molecule has 6 heteroatoms. The molecular weight excluding hydrogens is 333 g/mol. The molecule has 1 amide bonds. The Balaban J connectivity index is 1.56. The molecule has 2 heterocycles. The van der Waals surface area contributed by atoms with Gasteiger partial charge in [-0.05, 0) is 18.2 Å². The van der Waals surface area contributed by atoms with Crippen LogP contribution in [0, 0.1) is 5.82 Å². The van der Waals surface area contributed by atoms with Crippen LogP contribution in [0.25, 0.3) is 11.4 Å². The first-order valence-corrected chi connectivity index (χ1v) is 8.41. The number of H-pyrrole nitrogens is 1. The number of amides is 1. The Morgan fingerprint density at radius 1 is 1.23 bits per heavy atom.